The van der Waals surface area contributed by atoms with E-state index in [0.29, 0.717) is 0 Å². The molecule has 3 aromatic carbocycles. The maximum Gasteiger partial charge on any atom is 0.107 e. The first-order valence-corrected chi connectivity index (χ1v) is 16.0. The number of thiol groups is 3. The van der Waals surface area contributed by atoms with Gasteiger partial charge in [-0.05, 0) is 105 Å². The molecule has 0 spiro atoms. The molecule has 0 heterocycles. The Morgan fingerprint density at radius 1 is 0.526 bits per heavy atom. The van der Waals surface area contributed by atoms with Gasteiger partial charge in [-0.2, -0.15) is 37.9 Å². The van der Waals surface area contributed by atoms with Gasteiger partial charge in [0.15, 0.2) is 0 Å². The van der Waals surface area contributed by atoms with E-state index in [4.69, 9.17) is 37.9 Å². The van der Waals surface area contributed by atoms with Crippen LogP contribution >= 0.6 is 37.9 Å². The number of hydrogen-bond acceptors (Lipinski definition) is 3. The SMILES string of the molecule is SCC12CC3(C#CC45c6ccccc6C(c6ccccc64)c4ccccc45)CC(CS)(C1)CC(CS)(C3)C2. The van der Waals surface area contributed by atoms with Crippen molar-refractivity contribution in [2.24, 2.45) is 21.7 Å². The van der Waals surface area contributed by atoms with Crippen LogP contribution in [-0.4, -0.2) is 17.3 Å². The van der Waals surface area contributed by atoms with Crippen molar-refractivity contribution in [3.05, 3.63) is 106 Å². The van der Waals surface area contributed by atoms with E-state index in [0.717, 1.165) is 17.3 Å². The van der Waals surface area contributed by atoms with Gasteiger partial charge in [0.2, 0.25) is 0 Å². The highest BCUT2D eigenvalue weighted by molar-refractivity contribution is 7.80. The lowest BCUT2D eigenvalue weighted by molar-refractivity contribution is -0.155. The molecule has 0 unspecified atom stereocenters. The summed E-state index contributed by atoms with van der Waals surface area (Å²) in [5.41, 5.74) is 8.78. The van der Waals surface area contributed by atoms with Crippen molar-refractivity contribution < 1.29 is 0 Å². The first-order valence-electron chi connectivity index (χ1n) is 14.1. The predicted octanol–water partition coefficient (Wildman–Crippen LogP) is 7.95. The van der Waals surface area contributed by atoms with Crippen molar-refractivity contribution in [3.8, 4) is 11.8 Å². The van der Waals surface area contributed by atoms with Crippen LogP contribution in [0.25, 0.3) is 0 Å². The Hall–Kier alpha value is -1.73. The molecule has 4 saturated carbocycles. The van der Waals surface area contributed by atoms with E-state index < -0.39 is 5.41 Å². The number of hydrogen-bond donors (Lipinski definition) is 3. The van der Waals surface area contributed by atoms with Crippen molar-refractivity contribution in [2.45, 2.75) is 49.9 Å². The van der Waals surface area contributed by atoms with Crippen molar-refractivity contribution in [1.29, 1.82) is 0 Å². The zero-order valence-electron chi connectivity index (χ0n) is 21.7. The summed E-state index contributed by atoms with van der Waals surface area (Å²) >= 11 is 14.9. The molecule has 4 fully saturated rings. The van der Waals surface area contributed by atoms with E-state index in [2.05, 4.69) is 84.6 Å². The van der Waals surface area contributed by atoms with E-state index in [1.807, 2.05) is 0 Å². The van der Waals surface area contributed by atoms with Crippen molar-refractivity contribution in [3.63, 3.8) is 0 Å². The van der Waals surface area contributed by atoms with Crippen LogP contribution in [0.15, 0.2) is 72.8 Å². The summed E-state index contributed by atoms with van der Waals surface area (Å²) < 4.78 is 0. The molecule has 3 aromatic rings. The molecule has 7 aliphatic carbocycles. The van der Waals surface area contributed by atoms with Gasteiger partial charge in [0, 0.05) is 11.3 Å². The monoisotopic (exact) mass is 550 g/mol. The van der Waals surface area contributed by atoms with Crippen LogP contribution in [0.3, 0.4) is 0 Å². The molecule has 7 aliphatic rings. The lowest BCUT2D eigenvalue weighted by atomic mass is 9.36. The lowest BCUT2D eigenvalue weighted by Crippen LogP contribution is -2.62. The summed E-state index contributed by atoms with van der Waals surface area (Å²) in [5.74, 6) is 11.4. The third kappa shape index (κ3) is 2.96. The first kappa shape index (κ1) is 24.1. The van der Waals surface area contributed by atoms with Crippen LogP contribution in [0.1, 0.15) is 77.8 Å². The van der Waals surface area contributed by atoms with Crippen LogP contribution in [0.4, 0.5) is 0 Å². The van der Waals surface area contributed by atoms with E-state index in [9.17, 15) is 0 Å². The molecule has 0 aromatic heterocycles. The van der Waals surface area contributed by atoms with Gasteiger partial charge in [-0.1, -0.05) is 84.6 Å². The van der Waals surface area contributed by atoms with Gasteiger partial charge < -0.3 is 0 Å². The van der Waals surface area contributed by atoms with Gasteiger partial charge >= 0.3 is 0 Å². The average Bonchev–Trinajstić information content (AvgIpc) is 2.95. The van der Waals surface area contributed by atoms with Crippen LogP contribution < -0.4 is 0 Å². The summed E-state index contributed by atoms with van der Waals surface area (Å²) in [4.78, 5) is 0. The standard InChI is InChI=1S/C35H34S3/c36-21-32-15-31(16-33(18-32,22-37)20-34(17-31,19-32)23-38)13-14-35-27-10-4-1-7-24(27)30(25-8-2-5-11-28(25)35)26-9-3-6-12-29(26)35/h1-12,30,36-38H,15-23H2. The topological polar surface area (TPSA) is 0 Å². The van der Waals surface area contributed by atoms with Crippen molar-refractivity contribution in [1.82, 2.24) is 0 Å². The van der Waals surface area contributed by atoms with Gasteiger partial charge in [0.1, 0.15) is 5.41 Å². The highest BCUT2D eigenvalue weighted by Crippen LogP contribution is 2.74. The summed E-state index contributed by atoms with van der Waals surface area (Å²) in [6, 6.07) is 27.3. The summed E-state index contributed by atoms with van der Waals surface area (Å²) in [6.07, 6.45) is 7.29. The average molecular weight is 551 g/mol. The van der Waals surface area contributed by atoms with Gasteiger partial charge in [0.25, 0.3) is 0 Å². The molecule has 6 bridgehead atoms. The number of benzene rings is 3. The Kier molecular flexibility index (Phi) is 5.03. The minimum Gasteiger partial charge on any atom is -0.179 e. The second kappa shape index (κ2) is 7.93. The van der Waals surface area contributed by atoms with Crippen molar-refractivity contribution in [2.75, 3.05) is 17.3 Å². The molecule has 0 nitrogen and oxygen atoms in total. The van der Waals surface area contributed by atoms with Gasteiger partial charge in [-0.25, -0.2) is 0 Å². The molecular weight excluding hydrogens is 517 g/mol. The molecule has 10 rings (SSSR count). The lowest BCUT2D eigenvalue weighted by Gasteiger charge is -2.69. The zero-order valence-corrected chi connectivity index (χ0v) is 24.4. The highest BCUT2D eigenvalue weighted by Gasteiger charge is 2.67. The van der Waals surface area contributed by atoms with Gasteiger partial charge in [0.05, 0.1) is 0 Å². The van der Waals surface area contributed by atoms with E-state index in [1.54, 1.807) is 0 Å². The molecule has 0 atom stereocenters. The van der Waals surface area contributed by atoms with Crippen LogP contribution in [0.5, 0.6) is 0 Å². The Morgan fingerprint density at radius 3 is 1.26 bits per heavy atom. The summed E-state index contributed by atoms with van der Waals surface area (Å²) in [7, 11) is 0. The summed E-state index contributed by atoms with van der Waals surface area (Å²) in [5, 5.41) is 0. The molecule has 0 saturated heterocycles. The maximum atomic E-state index is 4.98. The van der Waals surface area contributed by atoms with Crippen molar-refractivity contribution >= 4 is 37.9 Å². The Bertz CT molecular complexity index is 1370. The summed E-state index contributed by atoms with van der Waals surface area (Å²) in [6.45, 7) is 0. The largest absolute Gasteiger partial charge is 0.179 e. The molecule has 0 amide bonds. The minimum atomic E-state index is -0.432. The smallest absolute Gasteiger partial charge is 0.107 e. The molecule has 3 heteroatoms. The molecule has 0 aliphatic heterocycles. The molecule has 0 radical (unpaired) electrons. The molecule has 38 heavy (non-hydrogen) atoms. The number of rotatable bonds is 3. The van der Waals surface area contributed by atoms with Gasteiger partial charge in [-0.15, -0.1) is 0 Å². The molecular formula is C35H34S3. The fourth-order valence-corrected chi connectivity index (χ4v) is 11.6. The Balaban J connectivity index is 1.39. The minimum absolute atomic E-state index is 0.00478. The van der Waals surface area contributed by atoms with Gasteiger partial charge in [-0.3, -0.25) is 0 Å². The predicted molar refractivity (Wildman–Crippen MR) is 167 cm³/mol. The van der Waals surface area contributed by atoms with Crippen LogP contribution in [0, 0.1) is 33.5 Å². The zero-order chi connectivity index (χ0) is 25.8. The highest BCUT2D eigenvalue weighted by atomic mass is 32.1. The molecule has 0 N–H and O–H groups in total. The normalized spacial score (nSPS) is 38.7. The van der Waals surface area contributed by atoms with Crippen LogP contribution in [0.2, 0.25) is 0 Å². The van der Waals surface area contributed by atoms with E-state index >= 15 is 0 Å². The second-order valence-electron chi connectivity index (χ2n) is 13.5. The first-order chi connectivity index (χ1) is 18.4. The second-order valence-corrected chi connectivity index (χ2v) is 14.5. The quantitative estimate of drug-likeness (QED) is 0.214. The third-order valence-corrected chi connectivity index (χ3v) is 13.0. The third-order valence-electron chi connectivity index (χ3n) is 10.9. The Morgan fingerprint density at radius 2 is 0.895 bits per heavy atom. The van der Waals surface area contributed by atoms with Crippen LogP contribution in [-0.2, 0) is 5.41 Å². The van der Waals surface area contributed by atoms with E-state index in [-0.39, 0.29) is 27.6 Å². The van der Waals surface area contributed by atoms with E-state index in [1.165, 1.54) is 71.9 Å². The fourth-order valence-electron chi connectivity index (χ4n) is 10.6. The maximum absolute atomic E-state index is 4.98. The Labute approximate surface area is 243 Å². The fraction of sp³-hybridized carbons (Fsp3) is 0.429. The molecule has 192 valence electrons.